The van der Waals surface area contributed by atoms with Crippen molar-refractivity contribution in [1.29, 1.82) is 0 Å². The van der Waals surface area contributed by atoms with E-state index in [-0.39, 0.29) is 11.2 Å². The van der Waals surface area contributed by atoms with Crippen LogP contribution < -0.4 is 0 Å². The summed E-state index contributed by atoms with van der Waals surface area (Å²) in [5, 5.41) is 0. The Morgan fingerprint density at radius 2 is 2.00 bits per heavy atom. The molecule has 0 heterocycles. The van der Waals surface area contributed by atoms with Gasteiger partial charge in [0, 0.05) is 30.2 Å². The maximum atomic E-state index is 13.2. The van der Waals surface area contributed by atoms with Crippen LogP contribution in [0.25, 0.3) is 0 Å². The molecule has 1 spiro atoms. The van der Waals surface area contributed by atoms with Crippen molar-refractivity contribution in [1.82, 2.24) is 0 Å². The first kappa shape index (κ1) is 10.5. The maximum absolute atomic E-state index is 13.2. The number of hydrogen-bond donors (Lipinski definition) is 0. The number of halogens is 1. The van der Waals surface area contributed by atoms with Crippen LogP contribution in [0.1, 0.15) is 43.2 Å². The molecule has 0 amide bonds. The van der Waals surface area contributed by atoms with E-state index < -0.39 is 0 Å². The highest BCUT2D eigenvalue weighted by Gasteiger charge is 2.38. The summed E-state index contributed by atoms with van der Waals surface area (Å²) >= 11 is 0. The molecule has 17 heavy (non-hydrogen) atoms. The van der Waals surface area contributed by atoms with Crippen LogP contribution in [0.4, 0.5) is 4.39 Å². The van der Waals surface area contributed by atoms with E-state index in [9.17, 15) is 9.18 Å². The Morgan fingerprint density at radius 3 is 2.76 bits per heavy atom. The van der Waals surface area contributed by atoms with Gasteiger partial charge in [0.1, 0.15) is 11.6 Å². The van der Waals surface area contributed by atoms with E-state index in [4.69, 9.17) is 0 Å². The second-order valence-electron chi connectivity index (χ2n) is 4.99. The molecule has 0 aliphatic heterocycles. The van der Waals surface area contributed by atoms with E-state index in [0.717, 1.165) is 30.4 Å². The number of ketones is 1. The van der Waals surface area contributed by atoms with Crippen molar-refractivity contribution >= 4 is 5.78 Å². The van der Waals surface area contributed by atoms with Gasteiger partial charge in [-0.15, -0.1) is 0 Å². The van der Waals surface area contributed by atoms with Gasteiger partial charge in [-0.25, -0.2) is 4.39 Å². The zero-order valence-electron chi connectivity index (χ0n) is 9.55. The number of carbonyl (C=O) groups is 1. The second kappa shape index (κ2) is 3.70. The van der Waals surface area contributed by atoms with Crippen molar-refractivity contribution in [3.63, 3.8) is 0 Å². The smallest absolute Gasteiger partial charge is 0.132 e. The van der Waals surface area contributed by atoms with Crippen LogP contribution >= 0.6 is 0 Å². The summed E-state index contributed by atoms with van der Waals surface area (Å²) in [6.45, 7) is 0. The highest BCUT2D eigenvalue weighted by atomic mass is 19.1. The lowest BCUT2D eigenvalue weighted by Gasteiger charge is -2.38. The third-order valence-corrected chi connectivity index (χ3v) is 3.97. The summed E-state index contributed by atoms with van der Waals surface area (Å²) < 4.78 is 13.2. The Hall–Kier alpha value is -1.62. The average Bonchev–Trinajstić information content (AvgIpc) is 2.33. The molecule has 0 bridgehead atoms. The Kier molecular flexibility index (Phi) is 2.29. The highest BCUT2D eigenvalue weighted by molar-refractivity contribution is 5.80. The first-order chi connectivity index (χ1) is 8.20. The summed E-state index contributed by atoms with van der Waals surface area (Å²) in [5.41, 5.74) is 1.96. The molecule has 0 atom stereocenters. The second-order valence-corrected chi connectivity index (χ2v) is 4.99. The quantitative estimate of drug-likeness (QED) is 0.624. The van der Waals surface area contributed by atoms with Gasteiger partial charge in [0.05, 0.1) is 0 Å². The molecular weight excluding hydrogens is 215 g/mol. The Morgan fingerprint density at radius 1 is 1.24 bits per heavy atom. The Bertz CT molecular complexity index is 538. The standard InChI is InChI=1S/C15H13FO/c16-12-3-4-14-11(10-12)2-1-7-15(14)8-5-13(17)6-9-15/h3-4,10H,5-9H2. The maximum Gasteiger partial charge on any atom is 0.132 e. The van der Waals surface area contributed by atoms with Crippen LogP contribution in [0, 0.1) is 17.7 Å². The summed E-state index contributed by atoms with van der Waals surface area (Å²) in [4.78, 5) is 11.4. The van der Waals surface area contributed by atoms with Crippen molar-refractivity contribution in [3.8, 4) is 11.8 Å². The fourth-order valence-corrected chi connectivity index (χ4v) is 2.94. The fraction of sp³-hybridized carbons (Fsp3) is 0.400. The Balaban J connectivity index is 2.06. The molecule has 1 saturated carbocycles. The zero-order chi connectivity index (χ0) is 11.9. The molecule has 0 aromatic heterocycles. The molecule has 2 aliphatic rings. The predicted molar refractivity (Wildman–Crippen MR) is 63.0 cm³/mol. The largest absolute Gasteiger partial charge is 0.300 e. The lowest BCUT2D eigenvalue weighted by molar-refractivity contribution is -0.121. The van der Waals surface area contributed by atoms with Gasteiger partial charge in [-0.1, -0.05) is 17.9 Å². The minimum absolute atomic E-state index is 0.00218. The third kappa shape index (κ3) is 1.67. The number of fused-ring (bicyclic) bond motifs is 2. The molecule has 0 saturated heterocycles. The summed E-state index contributed by atoms with van der Waals surface area (Å²) in [6.07, 6.45) is 3.80. The lowest BCUT2D eigenvalue weighted by Crippen LogP contribution is -2.33. The third-order valence-electron chi connectivity index (χ3n) is 3.97. The fourth-order valence-electron chi connectivity index (χ4n) is 2.94. The topological polar surface area (TPSA) is 17.1 Å². The van der Waals surface area contributed by atoms with Gasteiger partial charge in [-0.2, -0.15) is 0 Å². The molecule has 2 heteroatoms. The van der Waals surface area contributed by atoms with E-state index in [1.54, 1.807) is 0 Å². The molecule has 0 unspecified atom stereocenters. The van der Waals surface area contributed by atoms with Gasteiger partial charge < -0.3 is 0 Å². The molecule has 1 fully saturated rings. The van der Waals surface area contributed by atoms with Gasteiger partial charge >= 0.3 is 0 Å². The average molecular weight is 228 g/mol. The number of hydrogen-bond acceptors (Lipinski definition) is 1. The van der Waals surface area contributed by atoms with Crippen molar-refractivity contribution in [3.05, 3.63) is 35.1 Å². The molecule has 1 nitrogen and oxygen atoms in total. The minimum atomic E-state index is -0.234. The monoisotopic (exact) mass is 228 g/mol. The van der Waals surface area contributed by atoms with E-state index >= 15 is 0 Å². The number of rotatable bonds is 0. The molecule has 3 rings (SSSR count). The number of carbonyl (C=O) groups excluding carboxylic acids is 1. The van der Waals surface area contributed by atoms with Crippen molar-refractivity contribution in [2.24, 2.45) is 0 Å². The van der Waals surface area contributed by atoms with Crippen molar-refractivity contribution in [2.75, 3.05) is 0 Å². The van der Waals surface area contributed by atoms with E-state index in [1.807, 2.05) is 6.07 Å². The van der Waals surface area contributed by atoms with Gasteiger partial charge in [-0.05, 0) is 30.5 Å². The van der Waals surface area contributed by atoms with Gasteiger partial charge in [0.2, 0.25) is 0 Å². The minimum Gasteiger partial charge on any atom is -0.300 e. The van der Waals surface area contributed by atoms with E-state index in [1.165, 1.54) is 12.1 Å². The zero-order valence-corrected chi connectivity index (χ0v) is 9.55. The number of Topliss-reactive ketones (excluding diaryl/α,β-unsaturated/α-hetero) is 1. The SMILES string of the molecule is O=C1CCC2(CC#Cc3cc(F)ccc32)CC1. The first-order valence-corrected chi connectivity index (χ1v) is 6.00. The molecule has 1 aromatic rings. The lowest BCUT2D eigenvalue weighted by atomic mass is 9.65. The molecular formula is C15H13FO. The van der Waals surface area contributed by atoms with Crippen LogP contribution in [0.15, 0.2) is 18.2 Å². The molecule has 0 radical (unpaired) electrons. The van der Waals surface area contributed by atoms with Crippen molar-refractivity contribution in [2.45, 2.75) is 37.5 Å². The molecule has 1 aromatic carbocycles. The van der Waals surface area contributed by atoms with Crippen LogP contribution in [0.2, 0.25) is 0 Å². The van der Waals surface area contributed by atoms with E-state index in [2.05, 4.69) is 11.8 Å². The van der Waals surface area contributed by atoms with Crippen LogP contribution in [-0.2, 0) is 10.2 Å². The van der Waals surface area contributed by atoms with Crippen LogP contribution in [0.5, 0.6) is 0 Å². The summed E-state index contributed by atoms with van der Waals surface area (Å²) in [7, 11) is 0. The Labute approximate surface area is 100 Å². The molecule has 86 valence electrons. The molecule has 2 aliphatic carbocycles. The first-order valence-electron chi connectivity index (χ1n) is 6.00. The predicted octanol–water partition coefficient (Wildman–Crippen LogP) is 2.96. The highest BCUT2D eigenvalue weighted by Crippen LogP contribution is 2.43. The van der Waals surface area contributed by atoms with Crippen molar-refractivity contribution < 1.29 is 9.18 Å². The van der Waals surface area contributed by atoms with E-state index in [0.29, 0.717) is 18.6 Å². The van der Waals surface area contributed by atoms with Gasteiger partial charge in [0.15, 0.2) is 0 Å². The summed E-state index contributed by atoms with van der Waals surface area (Å²) in [6, 6.07) is 4.87. The van der Waals surface area contributed by atoms with Gasteiger partial charge in [-0.3, -0.25) is 4.79 Å². The number of benzene rings is 1. The van der Waals surface area contributed by atoms with Crippen LogP contribution in [0.3, 0.4) is 0 Å². The normalized spacial score (nSPS) is 20.6. The molecule has 0 N–H and O–H groups in total. The van der Waals surface area contributed by atoms with Crippen LogP contribution in [-0.4, -0.2) is 5.78 Å². The van der Waals surface area contributed by atoms with Gasteiger partial charge in [0.25, 0.3) is 0 Å². The summed E-state index contributed by atoms with van der Waals surface area (Å²) in [5.74, 6) is 6.24.